The van der Waals surface area contributed by atoms with Crippen LogP contribution in [0.3, 0.4) is 0 Å². The first-order chi connectivity index (χ1) is 13.2. The van der Waals surface area contributed by atoms with Crippen molar-refractivity contribution < 1.29 is 9.59 Å². The zero-order valence-electron chi connectivity index (χ0n) is 14.1. The molecule has 0 unspecified atom stereocenters. The van der Waals surface area contributed by atoms with Gasteiger partial charge in [0.15, 0.2) is 0 Å². The first-order valence-electron chi connectivity index (χ1n) is 8.20. The number of benzene rings is 3. The number of hydrogen-bond donors (Lipinski definition) is 3. The fourth-order valence-electron chi connectivity index (χ4n) is 2.57. The fraction of sp³-hybridized carbons (Fsp3) is 0. The molecule has 3 aromatic rings. The van der Waals surface area contributed by atoms with Crippen molar-refractivity contribution in [2.45, 2.75) is 9.79 Å². The van der Waals surface area contributed by atoms with Gasteiger partial charge in [-0.25, -0.2) is 0 Å². The fourth-order valence-corrected chi connectivity index (χ4v) is 4.22. The SMILES string of the molecule is O=C1NC(=O)c2cc(SNc3ccccc3)c(SNc3ccccc3)cc21. The summed E-state index contributed by atoms with van der Waals surface area (Å²) in [6.07, 6.45) is 0. The van der Waals surface area contributed by atoms with E-state index in [4.69, 9.17) is 0 Å². The summed E-state index contributed by atoms with van der Waals surface area (Å²) in [6, 6.07) is 23.1. The van der Waals surface area contributed by atoms with Gasteiger partial charge in [-0.3, -0.25) is 14.9 Å². The molecule has 0 bridgehead atoms. The maximum atomic E-state index is 12.0. The molecule has 1 aliphatic heterocycles. The molecule has 3 N–H and O–H groups in total. The largest absolute Gasteiger partial charge is 0.326 e. The number of anilines is 2. The van der Waals surface area contributed by atoms with E-state index in [1.165, 1.54) is 23.9 Å². The van der Waals surface area contributed by atoms with E-state index in [1.54, 1.807) is 12.1 Å². The Morgan fingerprint density at radius 1 is 0.630 bits per heavy atom. The molecule has 0 saturated carbocycles. The molecule has 27 heavy (non-hydrogen) atoms. The van der Waals surface area contributed by atoms with Gasteiger partial charge in [-0.05, 0) is 60.3 Å². The minimum atomic E-state index is -0.357. The minimum Gasteiger partial charge on any atom is -0.326 e. The van der Waals surface area contributed by atoms with E-state index < -0.39 is 0 Å². The van der Waals surface area contributed by atoms with Gasteiger partial charge in [-0.2, -0.15) is 0 Å². The highest BCUT2D eigenvalue weighted by Crippen LogP contribution is 2.35. The topological polar surface area (TPSA) is 70.2 Å². The van der Waals surface area contributed by atoms with Gasteiger partial charge in [0.1, 0.15) is 0 Å². The van der Waals surface area contributed by atoms with Crippen molar-refractivity contribution >= 4 is 47.1 Å². The lowest BCUT2D eigenvalue weighted by molar-refractivity contribution is 0.0879. The molecule has 2 amide bonds. The van der Waals surface area contributed by atoms with Crippen LogP contribution in [0.2, 0.25) is 0 Å². The second-order valence-electron chi connectivity index (χ2n) is 5.77. The summed E-state index contributed by atoms with van der Waals surface area (Å²) in [4.78, 5) is 25.7. The lowest BCUT2D eigenvalue weighted by Crippen LogP contribution is -2.19. The van der Waals surface area contributed by atoms with Gasteiger partial charge in [-0.1, -0.05) is 36.4 Å². The summed E-state index contributed by atoms with van der Waals surface area (Å²) in [5.41, 5.74) is 2.72. The van der Waals surface area contributed by atoms with Crippen LogP contribution in [-0.2, 0) is 0 Å². The first kappa shape index (κ1) is 17.5. The Morgan fingerprint density at radius 3 is 1.44 bits per heavy atom. The molecule has 0 spiro atoms. The summed E-state index contributed by atoms with van der Waals surface area (Å²) in [6.45, 7) is 0. The highest BCUT2D eigenvalue weighted by atomic mass is 32.2. The molecule has 3 aromatic carbocycles. The van der Waals surface area contributed by atoms with Crippen molar-refractivity contribution in [1.82, 2.24) is 5.32 Å². The van der Waals surface area contributed by atoms with Crippen LogP contribution in [-0.4, -0.2) is 11.8 Å². The van der Waals surface area contributed by atoms with E-state index in [0.29, 0.717) is 11.1 Å². The van der Waals surface area contributed by atoms with Gasteiger partial charge in [0.2, 0.25) is 0 Å². The Morgan fingerprint density at radius 2 is 1.04 bits per heavy atom. The molecular weight excluding hydrogens is 378 g/mol. The molecule has 5 nitrogen and oxygen atoms in total. The average molecular weight is 393 g/mol. The third kappa shape index (κ3) is 3.94. The quantitative estimate of drug-likeness (QED) is 0.412. The van der Waals surface area contributed by atoms with E-state index >= 15 is 0 Å². The zero-order valence-corrected chi connectivity index (χ0v) is 15.7. The van der Waals surface area contributed by atoms with Crippen LogP contribution < -0.4 is 14.8 Å². The number of fused-ring (bicyclic) bond motifs is 1. The lowest BCUT2D eigenvalue weighted by atomic mass is 10.1. The van der Waals surface area contributed by atoms with Crippen LogP contribution in [0.1, 0.15) is 20.7 Å². The van der Waals surface area contributed by atoms with Crippen molar-refractivity contribution in [3.63, 3.8) is 0 Å². The summed E-state index contributed by atoms with van der Waals surface area (Å²) < 4.78 is 6.55. The van der Waals surface area contributed by atoms with Crippen molar-refractivity contribution in [2.24, 2.45) is 0 Å². The number of carbonyl (C=O) groups excluding carboxylic acids is 2. The summed E-state index contributed by atoms with van der Waals surface area (Å²) in [5, 5.41) is 2.35. The monoisotopic (exact) mass is 393 g/mol. The number of rotatable bonds is 6. The smallest absolute Gasteiger partial charge is 0.258 e. The van der Waals surface area contributed by atoms with Crippen molar-refractivity contribution in [2.75, 3.05) is 9.44 Å². The van der Waals surface area contributed by atoms with Crippen LogP contribution in [0, 0.1) is 0 Å². The van der Waals surface area contributed by atoms with Crippen LogP contribution in [0.15, 0.2) is 82.6 Å². The third-order valence-electron chi connectivity index (χ3n) is 3.91. The number of hydrogen-bond acceptors (Lipinski definition) is 6. The molecule has 0 fully saturated rings. The maximum Gasteiger partial charge on any atom is 0.258 e. The third-order valence-corrected chi connectivity index (χ3v) is 5.83. The van der Waals surface area contributed by atoms with Gasteiger partial charge in [-0.15, -0.1) is 0 Å². The number of amides is 2. The average Bonchev–Trinajstić information content (AvgIpc) is 2.99. The van der Waals surface area contributed by atoms with Gasteiger partial charge in [0, 0.05) is 21.2 Å². The second kappa shape index (κ2) is 7.77. The Kier molecular flexibility index (Phi) is 5.04. The van der Waals surface area contributed by atoms with Crippen LogP contribution in [0.5, 0.6) is 0 Å². The summed E-state index contributed by atoms with van der Waals surface area (Å²) in [5.74, 6) is -0.715. The molecule has 0 atom stereocenters. The molecule has 1 aliphatic rings. The van der Waals surface area contributed by atoms with E-state index in [2.05, 4.69) is 14.8 Å². The van der Waals surface area contributed by atoms with Gasteiger partial charge >= 0.3 is 0 Å². The number of carbonyl (C=O) groups is 2. The minimum absolute atomic E-state index is 0.357. The molecular formula is C20H15N3O2S2. The highest BCUT2D eigenvalue weighted by Gasteiger charge is 2.28. The molecule has 0 aromatic heterocycles. The Bertz CT molecular complexity index is 914. The van der Waals surface area contributed by atoms with Crippen molar-refractivity contribution in [3.05, 3.63) is 83.9 Å². The summed E-state index contributed by atoms with van der Waals surface area (Å²) >= 11 is 2.80. The Hall–Kier alpha value is -2.90. The predicted molar refractivity (Wildman–Crippen MR) is 110 cm³/mol. The summed E-state index contributed by atoms with van der Waals surface area (Å²) in [7, 11) is 0. The molecule has 0 radical (unpaired) electrons. The van der Waals surface area contributed by atoms with Crippen LogP contribution in [0.25, 0.3) is 0 Å². The molecule has 0 aliphatic carbocycles. The van der Waals surface area contributed by atoms with Crippen molar-refractivity contribution in [3.8, 4) is 0 Å². The Balaban J connectivity index is 1.61. The van der Waals surface area contributed by atoms with Crippen molar-refractivity contribution in [1.29, 1.82) is 0 Å². The molecule has 7 heteroatoms. The van der Waals surface area contributed by atoms with E-state index in [0.717, 1.165) is 21.2 Å². The standard InChI is InChI=1S/C20H15N3O2S2/c24-19-15-11-17(26-22-13-7-3-1-4-8-13)18(12-16(15)20(25)21-19)27-23-14-9-5-2-6-10-14/h1-12,22-23H,(H,21,24,25). The van der Waals surface area contributed by atoms with Gasteiger partial charge in [0.05, 0.1) is 11.1 Å². The maximum absolute atomic E-state index is 12.0. The van der Waals surface area contributed by atoms with E-state index in [9.17, 15) is 9.59 Å². The number of imide groups is 1. The molecule has 4 rings (SSSR count). The van der Waals surface area contributed by atoms with Gasteiger partial charge < -0.3 is 9.44 Å². The number of nitrogens with one attached hydrogen (secondary N) is 3. The van der Waals surface area contributed by atoms with Crippen LogP contribution in [0.4, 0.5) is 11.4 Å². The van der Waals surface area contributed by atoms with Crippen LogP contribution >= 0.6 is 23.9 Å². The first-order valence-corrected chi connectivity index (χ1v) is 9.83. The molecule has 1 heterocycles. The predicted octanol–water partition coefficient (Wildman–Crippen LogP) is 4.81. The zero-order chi connectivity index (χ0) is 18.6. The normalized spacial score (nSPS) is 12.4. The lowest BCUT2D eigenvalue weighted by Gasteiger charge is -2.12. The van der Waals surface area contributed by atoms with E-state index in [-0.39, 0.29) is 11.8 Å². The Labute approximate surface area is 165 Å². The highest BCUT2D eigenvalue weighted by molar-refractivity contribution is 8.03. The second-order valence-corrected chi connectivity index (χ2v) is 7.46. The van der Waals surface area contributed by atoms with E-state index in [1.807, 2.05) is 60.7 Å². The molecule has 0 saturated heterocycles. The van der Waals surface area contributed by atoms with Gasteiger partial charge in [0.25, 0.3) is 11.8 Å². The molecule has 134 valence electrons. The number of para-hydroxylation sites is 2.